The molecule has 1 N–H and O–H groups in total. The van der Waals surface area contributed by atoms with Gasteiger partial charge in [0.05, 0.1) is 18.1 Å². The fourth-order valence-corrected chi connectivity index (χ4v) is 4.80. The zero-order chi connectivity index (χ0) is 17.2. The summed E-state index contributed by atoms with van der Waals surface area (Å²) in [7, 11) is -3.55. The number of carbonyl (C=O) groups excluding carboxylic acids is 1. The largest absolute Gasteiger partial charge is 0.377 e. The molecule has 2 fully saturated rings. The maximum absolute atomic E-state index is 12.7. The standard InChI is InChI=1S/C15H24N4O4S/c1-2-19-14(7-8-16-19)18-9-3-6-13(15(18)20)17-24(21,22)11-12-5-4-10-23-12/h7-8,12-13,17H,2-6,9-11H2,1H3/t12-,13+/m0/s1. The van der Waals surface area contributed by atoms with E-state index in [9.17, 15) is 13.2 Å². The van der Waals surface area contributed by atoms with Crippen LogP contribution in [0.5, 0.6) is 0 Å². The molecule has 1 aromatic heterocycles. The summed E-state index contributed by atoms with van der Waals surface area (Å²) in [5.41, 5.74) is 0. The highest BCUT2D eigenvalue weighted by Gasteiger charge is 2.35. The first-order chi connectivity index (χ1) is 11.5. The number of anilines is 1. The van der Waals surface area contributed by atoms with Gasteiger partial charge < -0.3 is 4.74 Å². The normalized spacial score (nSPS) is 25.4. The predicted octanol–water partition coefficient (Wildman–Crippen LogP) is 0.497. The highest BCUT2D eigenvalue weighted by molar-refractivity contribution is 7.89. The quantitative estimate of drug-likeness (QED) is 0.801. The van der Waals surface area contributed by atoms with Crippen LogP contribution in [0, 0.1) is 0 Å². The Bertz CT molecular complexity index is 681. The minimum atomic E-state index is -3.55. The molecular formula is C15H24N4O4S. The molecule has 0 aromatic carbocycles. The van der Waals surface area contributed by atoms with Gasteiger partial charge in [0.2, 0.25) is 15.9 Å². The van der Waals surface area contributed by atoms with Gasteiger partial charge in [0.25, 0.3) is 0 Å². The van der Waals surface area contributed by atoms with Crippen molar-refractivity contribution >= 4 is 21.7 Å². The Hall–Kier alpha value is -1.45. The van der Waals surface area contributed by atoms with Gasteiger partial charge in [0.1, 0.15) is 11.9 Å². The van der Waals surface area contributed by atoms with Gasteiger partial charge in [0, 0.05) is 25.8 Å². The van der Waals surface area contributed by atoms with Gasteiger partial charge >= 0.3 is 0 Å². The molecule has 1 aromatic rings. The van der Waals surface area contributed by atoms with Crippen molar-refractivity contribution in [3.63, 3.8) is 0 Å². The minimum Gasteiger partial charge on any atom is -0.377 e. The number of hydrogen-bond acceptors (Lipinski definition) is 5. The molecule has 8 nitrogen and oxygen atoms in total. The lowest BCUT2D eigenvalue weighted by Gasteiger charge is -2.32. The monoisotopic (exact) mass is 356 g/mol. The number of ether oxygens (including phenoxy) is 1. The van der Waals surface area contributed by atoms with E-state index < -0.39 is 16.1 Å². The fraction of sp³-hybridized carbons (Fsp3) is 0.733. The fourth-order valence-electron chi connectivity index (χ4n) is 3.30. The molecule has 1 amide bonds. The number of rotatable bonds is 6. The van der Waals surface area contributed by atoms with Gasteiger partial charge in [-0.15, -0.1) is 0 Å². The first-order valence-electron chi connectivity index (χ1n) is 8.45. The molecule has 0 bridgehead atoms. The predicted molar refractivity (Wildman–Crippen MR) is 89.2 cm³/mol. The van der Waals surface area contributed by atoms with Gasteiger partial charge in [-0.25, -0.2) is 17.8 Å². The number of carbonyl (C=O) groups is 1. The molecule has 0 unspecified atom stereocenters. The van der Waals surface area contributed by atoms with E-state index in [1.807, 2.05) is 6.92 Å². The second-order valence-electron chi connectivity index (χ2n) is 6.22. The second kappa shape index (κ2) is 7.20. The van der Waals surface area contributed by atoms with E-state index in [0.717, 1.165) is 19.3 Å². The van der Waals surface area contributed by atoms with Crippen molar-refractivity contribution in [2.24, 2.45) is 0 Å². The lowest BCUT2D eigenvalue weighted by molar-refractivity contribution is -0.121. The summed E-state index contributed by atoms with van der Waals surface area (Å²) in [5.74, 6) is 0.418. The van der Waals surface area contributed by atoms with Gasteiger partial charge in [0.15, 0.2) is 0 Å². The van der Waals surface area contributed by atoms with E-state index in [4.69, 9.17) is 4.74 Å². The number of piperidine rings is 1. The average molecular weight is 356 g/mol. The summed E-state index contributed by atoms with van der Waals surface area (Å²) in [4.78, 5) is 14.4. The van der Waals surface area contributed by atoms with Crippen molar-refractivity contribution in [1.29, 1.82) is 0 Å². The van der Waals surface area contributed by atoms with Crippen LogP contribution in [0.1, 0.15) is 32.6 Å². The molecule has 2 aliphatic rings. The third-order valence-corrected chi connectivity index (χ3v) is 5.91. The average Bonchev–Trinajstić information content (AvgIpc) is 3.19. The van der Waals surface area contributed by atoms with E-state index in [1.54, 1.807) is 21.8 Å². The molecule has 3 rings (SSSR count). The summed E-state index contributed by atoms with van der Waals surface area (Å²) >= 11 is 0. The Balaban J connectivity index is 1.68. The minimum absolute atomic E-state index is 0.0797. The maximum Gasteiger partial charge on any atom is 0.246 e. The van der Waals surface area contributed by atoms with Crippen LogP contribution in [0.4, 0.5) is 5.82 Å². The Morgan fingerprint density at radius 3 is 2.92 bits per heavy atom. The molecular weight excluding hydrogens is 332 g/mol. The molecule has 134 valence electrons. The van der Waals surface area contributed by atoms with Crippen molar-refractivity contribution in [2.45, 2.75) is 51.3 Å². The first-order valence-corrected chi connectivity index (χ1v) is 10.1. The van der Waals surface area contributed by atoms with Crippen molar-refractivity contribution in [1.82, 2.24) is 14.5 Å². The van der Waals surface area contributed by atoms with Crippen LogP contribution in [-0.2, 0) is 26.1 Å². The van der Waals surface area contributed by atoms with Crippen LogP contribution in [0.2, 0.25) is 0 Å². The SMILES string of the molecule is CCn1nccc1N1CCC[C@@H](NS(=O)(=O)C[C@@H]2CCCO2)C1=O. The Morgan fingerprint density at radius 1 is 1.38 bits per heavy atom. The van der Waals surface area contributed by atoms with Crippen LogP contribution in [0.25, 0.3) is 0 Å². The third-order valence-electron chi connectivity index (χ3n) is 4.46. The molecule has 0 aliphatic carbocycles. The van der Waals surface area contributed by atoms with Gasteiger partial charge in [-0.2, -0.15) is 5.10 Å². The maximum atomic E-state index is 12.7. The van der Waals surface area contributed by atoms with Crippen LogP contribution in [0.3, 0.4) is 0 Å². The highest BCUT2D eigenvalue weighted by Crippen LogP contribution is 2.22. The van der Waals surface area contributed by atoms with Gasteiger partial charge in [-0.05, 0) is 32.6 Å². The van der Waals surface area contributed by atoms with E-state index in [0.29, 0.717) is 31.9 Å². The zero-order valence-electron chi connectivity index (χ0n) is 13.8. The van der Waals surface area contributed by atoms with Crippen molar-refractivity contribution in [3.05, 3.63) is 12.3 Å². The molecule has 2 aliphatic heterocycles. The van der Waals surface area contributed by atoms with Crippen LogP contribution < -0.4 is 9.62 Å². The summed E-state index contributed by atoms with van der Waals surface area (Å²) in [6, 6.07) is 1.07. The summed E-state index contributed by atoms with van der Waals surface area (Å²) in [5, 5.41) is 4.18. The van der Waals surface area contributed by atoms with E-state index in [2.05, 4.69) is 9.82 Å². The van der Waals surface area contributed by atoms with Crippen LogP contribution >= 0.6 is 0 Å². The Kier molecular flexibility index (Phi) is 5.21. The number of hydrogen-bond donors (Lipinski definition) is 1. The Labute approximate surface area is 142 Å². The third kappa shape index (κ3) is 3.79. The van der Waals surface area contributed by atoms with Crippen molar-refractivity contribution in [3.8, 4) is 0 Å². The molecule has 3 heterocycles. The molecule has 2 atom stereocenters. The molecule has 0 radical (unpaired) electrons. The zero-order valence-corrected chi connectivity index (χ0v) is 14.7. The van der Waals surface area contributed by atoms with Crippen molar-refractivity contribution in [2.75, 3.05) is 23.8 Å². The number of nitrogens with zero attached hydrogens (tertiary/aromatic N) is 3. The number of sulfonamides is 1. The molecule has 2 saturated heterocycles. The molecule has 24 heavy (non-hydrogen) atoms. The summed E-state index contributed by atoms with van der Waals surface area (Å²) in [6.07, 6.45) is 4.28. The van der Waals surface area contributed by atoms with E-state index in [-0.39, 0.29) is 17.8 Å². The highest BCUT2D eigenvalue weighted by atomic mass is 32.2. The van der Waals surface area contributed by atoms with Crippen molar-refractivity contribution < 1.29 is 17.9 Å². The molecule has 0 saturated carbocycles. The molecule has 0 spiro atoms. The topological polar surface area (TPSA) is 93.5 Å². The van der Waals surface area contributed by atoms with E-state index in [1.165, 1.54) is 0 Å². The lowest BCUT2D eigenvalue weighted by Crippen LogP contribution is -2.53. The molecule has 9 heteroatoms. The lowest BCUT2D eigenvalue weighted by atomic mass is 10.1. The second-order valence-corrected chi connectivity index (χ2v) is 8.02. The number of amides is 1. The van der Waals surface area contributed by atoms with Gasteiger partial charge in [-0.3, -0.25) is 9.69 Å². The van der Waals surface area contributed by atoms with Gasteiger partial charge in [-0.1, -0.05) is 0 Å². The van der Waals surface area contributed by atoms with E-state index >= 15 is 0 Å². The Morgan fingerprint density at radius 2 is 2.21 bits per heavy atom. The first kappa shape index (κ1) is 17.4. The number of aryl methyl sites for hydroxylation is 1. The smallest absolute Gasteiger partial charge is 0.246 e. The summed E-state index contributed by atoms with van der Waals surface area (Å²) < 4.78 is 34.4. The number of aromatic nitrogens is 2. The van der Waals surface area contributed by atoms with Crippen LogP contribution in [0.15, 0.2) is 12.3 Å². The van der Waals surface area contributed by atoms with Crippen LogP contribution in [-0.4, -0.2) is 55.2 Å². The summed E-state index contributed by atoms with van der Waals surface area (Å²) in [6.45, 7) is 3.79. The number of nitrogens with one attached hydrogen (secondary N) is 1.